The second-order valence-electron chi connectivity index (χ2n) is 5.27. The summed E-state index contributed by atoms with van der Waals surface area (Å²) in [6.07, 6.45) is 1.63. The molecule has 0 spiro atoms. The van der Waals surface area contributed by atoms with Crippen molar-refractivity contribution >= 4 is 11.2 Å². The number of imidazole rings is 1. The van der Waals surface area contributed by atoms with Gasteiger partial charge in [0.25, 0.3) is 5.56 Å². The molecule has 8 heteroatoms. The van der Waals surface area contributed by atoms with Crippen LogP contribution in [0.3, 0.4) is 0 Å². The summed E-state index contributed by atoms with van der Waals surface area (Å²) in [5.74, 6) is 0. The third-order valence-corrected chi connectivity index (χ3v) is 3.98. The Morgan fingerprint density at radius 1 is 1.14 bits per heavy atom. The molecule has 2 aromatic rings. The van der Waals surface area contributed by atoms with Gasteiger partial charge in [-0.25, -0.2) is 9.78 Å². The summed E-state index contributed by atoms with van der Waals surface area (Å²) >= 11 is 0. The van der Waals surface area contributed by atoms with Crippen LogP contribution in [0.5, 0.6) is 0 Å². The fraction of sp³-hybridized carbons (Fsp3) is 0.615. The standard InChI is InChI=1S/C13H19N5O3/c1-15-11-10(12(19)16(2)13(15)20)18(9-14-11)4-3-17-5-7-21-8-6-17/h9H,3-8H2,1-2H3. The maximum Gasteiger partial charge on any atom is 0.332 e. The molecule has 0 amide bonds. The van der Waals surface area contributed by atoms with Gasteiger partial charge in [-0.3, -0.25) is 18.8 Å². The second kappa shape index (κ2) is 5.45. The molecule has 1 fully saturated rings. The molecule has 0 bridgehead atoms. The quantitative estimate of drug-likeness (QED) is 0.708. The predicted octanol–water partition coefficient (Wildman–Crippen LogP) is -1.23. The Hall–Kier alpha value is -1.93. The van der Waals surface area contributed by atoms with Gasteiger partial charge in [0.05, 0.1) is 19.5 Å². The minimum absolute atomic E-state index is 0.299. The van der Waals surface area contributed by atoms with Gasteiger partial charge in [-0.2, -0.15) is 0 Å². The number of hydrogen-bond acceptors (Lipinski definition) is 5. The summed E-state index contributed by atoms with van der Waals surface area (Å²) in [5.41, 5.74) is 0.261. The summed E-state index contributed by atoms with van der Waals surface area (Å²) in [4.78, 5) is 30.7. The van der Waals surface area contributed by atoms with E-state index >= 15 is 0 Å². The largest absolute Gasteiger partial charge is 0.379 e. The van der Waals surface area contributed by atoms with Gasteiger partial charge in [0, 0.05) is 40.3 Å². The van der Waals surface area contributed by atoms with Crippen LogP contribution in [0.2, 0.25) is 0 Å². The van der Waals surface area contributed by atoms with E-state index in [1.165, 1.54) is 11.6 Å². The van der Waals surface area contributed by atoms with Crippen LogP contribution in [0.1, 0.15) is 0 Å². The maximum atomic E-state index is 12.3. The number of hydrogen-bond donors (Lipinski definition) is 0. The molecule has 3 heterocycles. The van der Waals surface area contributed by atoms with Crippen LogP contribution >= 0.6 is 0 Å². The Morgan fingerprint density at radius 3 is 2.57 bits per heavy atom. The highest BCUT2D eigenvalue weighted by atomic mass is 16.5. The van der Waals surface area contributed by atoms with Crippen molar-refractivity contribution in [2.45, 2.75) is 6.54 Å². The summed E-state index contributed by atoms with van der Waals surface area (Å²) in [6, 6.07) is 0. The van der Waals surface area contributed by atoms with Crippen LogP contribution in [0, 0.1) is 0 Å². The van der Waals surface area contributed by atoms with Gasteiger partial charge >= 0.3 is 5.69 Å². The van der Waals surface area contributed by atoms with E-state index in [1.807, 2.05) is 4.57 Å². The zero-order valence-corrected chi connectivity index (χ0v) is 12.3. The van der Waals surface area contributed by atoms with Gasteiger partial charge in [-0.1, -0.05) is 0 Å². The maximum absolute atomic E-state index is 12.3. The lowest BCUT2D eigenvalue weighted by atomic mass is 10.4. The van der Waals surface area contributed by atoms with Crippen molar-refractivity contribution in [2.75, 3.05) is 32.8 Å². The average Bonchev–Trinajstić information content (AvgIpc) is 2.94. The van der Waals surface area contributed by atoms with Crippen molar-refractivity contribution in [3.8, 4) is 0 Å². The molecule has 1 aliphatic heterocycles. The molecule has 0 aliphatic carbocycles. The van der Waals surface area contributed by atoms with Crippen molar-refractivity contribution in [3.63, 3.8) is 0 Å². The van der Waals surface area contributed by atoms with Gasteiger partial charge in [0.15, 0.2) is 11.2 Å². The van der Waals surface area contributed by atoms with E-state index in [9.17, 15) is 9.59 Å². The fourth-order valence-corrected chi connectivity index (χ4v) is 2.64. The molecule has 114 valence electrons. The van der Waals surface area contributed by atoms with Crippen LogP contribution in [0.15, 0.2) is 15.9 Å². The number of nitrogens with zero attached hydrogens (tertiary/aromatic N) is 5. The SMILES string of the molecule is Cn1c(=O)c2c(ncn2CCN2CCOCC2)n(C)c1=O. The van der Waals surface area contributed by atoms with Crippen LogP contribution in [0.25, 0.3) is 11.2 Å². The lowest BCUT2D eigenvalue weighted by Gasteiger charge is -2.26. The minimum atomic E-state index is -0.356. The van der Waals surface area contributed by atoms with Crippen LogP contribution in [-0.2, 0) is 25.4 Å². The third-order valence-electron chi connectivity index (χ3n) is 3.98. The van der Waals surface area contributed by atoms with E-state index in [0.717, 1.165) is 37.4 Å². The summed E-state index contributed by atoms with van der Waals surface area (Å²) in [5, 5.41) is 0. The van der Waals surface area contributed by atoms with Gasteiger partial charge in [0.1, 0.15) is 0 Å². The summed E-state index contributed by atoms with van der Waals surface area (Å²) < 4.78 is 9.67. The first-order valence-corrected chi connectivity index (χ1v) is 7.00. The molecular weight excluding hydrogens is 274 g/mol. The van der Waals surface area contributed by atoms with Gasteiger partial charge in [-0.05, 0) is 0 Å². The number of rotatable bonds is 3. The zero-order valence-electron chi connectivity index (χ0n) is 12.3. The van der Waals surface area contributed by atoms with E-state index in [0.29, 0.717) is 17.7 Å². The van der Waals surface area contributed by atoms with E-state index in [4.69, 9.17) is 4.74 Å². The van der Waals surface area contributed by atoms with Crippen molar-refractivity contribution < 1.29 is 4.74 Å². The molecule has 0 unspecified atom stereocenters. The van der Waals surface area contributed by atoms with E-state index in [2.05, 4.69) is 9.88 Å². The van der Waals surface area contributed by atoms with Crippen molar-refractivity contribution in [1.82, 2.24) is 23.6 Å². The first kappa shape index (κ1) is 14.0. The van der Waals surface area contributed by atoms with Crippen LogP contribution < -0.4 is 11.2 Å². The van der Waals surface area contributed by atoms with Crippen molar-refractivity contribution in [3.05, 3.63) is 27.2 Å². The second-order valence-corrected chi connectivity index (χ2v) is 5.27. The summed E-state index contributed by atoms with van der Waals surface area (Å²) in [7, 11) is 3.12. The first-order chi connectivity index (χ1) is 10.1. The molecule has 2 aromatic heterocycles. The first-order valence-electron chi connectivity index (χ1n) is 7.00. The Kier molecular flexibility index (Phi) is 3.64. The lowest BCUT2D eigenvalue weighted by Crippen LogP contribution is -2.39. The number of ether oxygens (including phenoxy) is 1. The lowest BCUT2D eigenvalue weighted by molar-refractivity contribution is 0.0365. The molecule has 0 saturated carbocycles. The molecule has 0 atom stereocenters. The topological polar surface area (TPSA) is 74.3 Å². The molecule has 0 radical (unpaired) electrons. The monoisotopic (exact) mass is 293 g/mol. The van der Waals surface area contributed by atoms with E-state index in [1.54, 1.807) is 13.4 Å². The van der Waals surface area contributed by atoms with Crippen LogP contribution in [-0.4, -0.2) is 56.4 Å². The highest BCUT2D eigenvalue weighted by Crippen LogP contribution is 2.06. The van der Waals surface area contributed by atoms with Crippen molar-refractivity contribution in [1.29, 1.82) is 0 Å². The molecular formula is C13H19N5O3. The highest BCUT2D eigenvalue weighted by Gasteiger charge is 2.15. The molecule has 8 nitrogen and oxygen atoms in total. The van der Waals surface area contributed by atoms with Gasteiger partial charge in [0.2, 0.25) is 0 Å². The van der Waals surface area contributed by atoms with Crippen LogP contribution in [0.4, 0.5) is 0 Å². The molecule has 0 N–H and O–H groups in total. The van der Waals surface area contributed by atoms with E-state index in [-0.39, 0.29) is 11.2 Å². The zero-order chi connectivity index (χ0) is 15.0. The average molecular weight is 293 g/mol. The fourth-order valence-electron chi connectivity index (χ4n) is 2.64. The number of morpholine rings is 1. The summed E-state index contributed by atoms with van der Waals surface area (Å²) in [6.45, 7) is 4.82. The molecule has 3 rings (SSSR count). The third kappa shape index (κ3) is 2.40. The normalized spacial score (nSPS) is 16.7. The van der Waals surface area contributed by atoms with Gasteiger partial charge in [-0.15, -0.1) is 0 Å². The highest BCUT2D eigenvalue weighted by molar-refractivity contribution is 5.69. The minimum Gasteiger partial charge on any atom is -0.379 e. The Labute approximate surface area is 121 Å². The Balaban J connectivity index is 1.93. The molecule has 21 heavy (non-hydrogen) atoms. The molecule has 0 aromatic carbocycles. The number of aromatic nitrogens is 4. The molecule has 1 saturated heterocycles. The Bertz CT molecular complexity index is 766. The van der Waals surface area contributed by atoms with Crippen molar-refractivity contribution in [2.24, 2.45) is 14.1 Å². The predicted molar refractivity (Wildman–Crippen MR) is 77.5 cm³/mol. The molecule has 1 aliphatic rings. The van der Waals surface area contributed by atoms with E-state index < -0.39 is 0 Å². The Morgan fingerprint density at radius 2 is 1.86 bits per heavy atom. The number of fused-ring (bicyclic) bond motifs is 1. The smallest absolute Gasteiger partial charge is 0.332 e. The number of aryl methyl sites for hydroxylation is 1. The van der Waals surface area contributed by atoms with Gasteiger partial charge < -0.3 is 9.30 Å².